The van der Waals surface area contributed by atoms with E-state index in [1.54, 1.807) is 0 Å². The van der Waals surface area contributed by atoms with Crippen LogP contribution in [0.5, 0.6) is 0 Å². The standard InChI is InChI=1S/C15H28N2O2/c1-3-11(4-2)9-19-10-15(14(16)18,12-5-6-12)17-13-7-8-13/h11-13,17H,3-10H2,1-2H3,(H2,16,18). The molecular formula is C15H28N2O2. The molecule has 19 heavy (non-hydrogen) atoms. The second kappa shape index (κ2) is 6.23. The Bertz CT molecular complexity index is 309. The molecule has 0 aromatic carbocycles. The molecule has 0 aliphatic heterocycles. The van der Waals surface area contributed by atoms with Crippen LogP contribution in [0, 0.1) is 11.8 Å². The Morgan fingerprint density at radius 1 is 1.32 bits per heavy atom. The van der Waals surface area contributed by atoms with Gasteiger partial charge < -0.3 is 10.5 Å². The van der Waals surface area contributed by atoms with Crippen molar-refractivity contribution in [2.24, 2.45) is 17.6 Å². The molecule has 1 atom stereocenters. The van der Waals surface area contributed by atoms with E-state index in [2.05, 4.69) is 19.2 Å². The molecule has 2 aliphatic carbocycles. The number of rotatable bonds is 10. The predicted molar refractivity (Wildman–Crippen MR) is 75.7 cm³/mol. The Hall–Kier alpha value is -0.610. The van der Waals surface area contributed by atoms with Gasteiger partial charge in [-0.05, 0) is 37.5 Å². The molecule has 0 spiro atoms. The molecule has 0 aromatic heterocycles. The van der Waals surface area contributed by atoms with Crippen molar-refractivity contribution in [3.05, 3.63) is 0 Å². The van der Waals surface area contributed by atoms with E-state index in [4.69, 9.17) is 10.5 Å². The van der Waals surface area contributed by atoms with Crippen molar-refractivity contribution in [3.63, 3.8) is 0 Å². The van der Waals surface area contributed by atoms with Gasteiger partial charge in [0.25, 0.3) is 0 Å². The van der Waals surface area contributed by atoms with E-state index in [0.717, 1.165) is 45.1 Å². The molecule has 110 valence electrons. The molecule has 2 aliphatic rings. The number of carbonyl (C=O) groups excluding carboxylic acids is 1. The zero-order valence-electron chi connectivity index (χ0n) is 12.3. The molecule has 2 fully saturated rings. The van der Waals surface area contributed by atoms with Gasteiger partial charge >= 0.3 is 0 Å². The first-order valence-electron chi connectivity index (χ1n) is 7.77. The fraction of sp³-hybridized carbons (Fsp3) is 0.933. The smallest absolute Gasteiger partial charge is 0.240 e. The van der Waals surface area contributed by atoms with Crippen molar-refractivity contribution < 1.29 is 9.53 Å². The lowest BCUT2D eigenvalue weighted by atomic mass is 9.92. The summed E-state index contributed by atoms with van der Waals surface area (Å²) in [7, 11) is 0. The maximum Gasteiger partial charge on any atom is 0.240 e. The Balaban J connectivity index is 1.90. The molecular weight excluding hydrogens is 240 g/mol. The van der Waals surface area contributed by atoms with Gasteiger partial charge in [0.15, 0.2) is 0 Å². The average molecular weight is 268 g/mol. The van der Waals surface area contributed by atoms with Crippen molar-refractivity contribution in [3.8, 4) is 0 Å². The van der Waals surface area contributed by atoms with Crippen molar-refractivity contribution >= 4 is 5.91 Å². The first-order valence-corrected chi connectivity index (χ1v) is 7.77. The van der Waals surface area contributed by atoms with Crippen LogP contribution in [0.1, 0.15) is 52.4 Å². The lowest BCUT2D eigenvalue weighted by molar-refractivity contribution is -0.128. The summed E-state index contributed by atoms with van der Waals surface area (Å²) in [5.41, 5.74) is 5.09. The maximum absolute atomic E-state index is 12.0. The van der Waals surface area contributed by atoms with Gasteiger partial charge in [0.1, 0.15) is 5.54 Å². The second-order valence-corrected chi connectivity index (χ2v) is 6.23. The molecule has 2 saturated carbocycles. The van der Waals surface area contributed by atoms with Crippen molar-refractivity contribution in [2.45, 2.75) is 64.0 Å². The third-order valence-corrected chi connectivity index (χ3v) is 4.59. The number of ether oxygens (including phenoxy) is 1. The molecule has 4 heteroatoms. The zero-order valence-corrected chi connectivity index (χ0v) is 12.3. The summed E-state index contributed by atoms with van der Waals surface area (Å²) >= 11 is 0. The van der Waals surface area contributed by atoms with Gasteiger partial charge in [0, 0.05) is 12.6 Å². The molecule has 2 rings (SSSR count). The zero-order chi connectivity index (χ0) is 13.9. The van der Waals surface area contributed by atoms with Crippen LogP contribution in [0.2, 0.25) is 0 Å². The third kappa shape index (κ3) is 3.69. The van der Waals surface area contributed by atoms with Crippen LogP contribution < -0.4 is 11.1 Å². The fourth-order valence-electron chi connectivity index (χ4n) is 2.70. The van der Waals surface area contributed by atoms with E-state index in [1.807, 2.05) is 0 Å². The van der Waals surface area contributed by atoms with Crippen LogP contribution in [0.4, 0.5) is 0 Å². The van der Waals surface area contributed by atoms with Crippen LogP contribution in [-0.4, -0.2) is 30.7 Å². The van der Waals surface area contributed by atoms with Crippen LogP contribution in [-0.2, 0) is 9.53 Å². The quantitative estimate of drug-likeness (QED) is 0.635. The minimum absolute atomic E-state index is 0.230. The Morgan fingerprint density at radius 3 is 2.37 bits per heavy atom. The molecule has 0 bridgehead atoms. The normalized spacial score (nSPS) is 22.5. The third-order valence-electron chi connectivity index (χ3n) is 4.59. The van der Waals surface area contributed by atoms with Crippen LogP contribution in [0.15, 0.2) is 0 Å². The first-order chi connectivity index (χ1) is 9.12. The van der Waals surface area contributed by atoms with Gasteiger partial charge in [-0.3, -0.25) is 10.1 Å². The Kier molecular flexibility index (Phi) is 4.85. The fourth-order valence-corrected chi connectivity index (χ4v) is 2.70. The van der Waals surface area contributed by atoms with Gasteiger partial charge in [-0.2, -0.15) is 0 Å². The summed E-state index contributed by atoms with van der Waals surface area (Å²) in [6.07, 6.45) is 6.76. The minimum Gasteiger partial charge on any atom is -0.379 e. The highest BCUT2D eigenvalue weighted by Gasteiger charge is 2.52. The summed E-state index contributed by atoms with van der Waals surface area (Å²) in [6, 6.07) is 0.477. The van der Waals surface area contributed by atoms with Crippen molar-refractivity contribution in [1.29, 1.82) is 0 Å². The molecule has 1 unspecified atom stereocenters. The van der Waals surface area contributed by atoms with Crippen molar-refractivity contribution in [1.82, 2.24) is 5.32 Å². The summed E-state index contributed by atoms with van der Waals surface area (Å²) < 4.78 is 5.87. The number of nitrogens with two attached hydrogens (primary N) is 1. The molecule has 4 nitrogen and oxygen atoms in total. The van der Waals surface area contributed by atoms with E-state index in [9.17, 15) is 4.79 Å². The SMILES string of the molecule is CCC(CC)COCC(NC1CC1)(C(N)=O)C1CC1. The highest BCUT2D eigenvalue weighted by Crippen LogP contribution is 2.41. The van der Waals surface area contributed by atoms with E-state index >= 15 is 0 Å². The lowest BCUT2D eigenvalue weighted by Crippen LogP contribution is -2.61. The molecule has 0 radical (unpaired) electrons. The molecule has 0 saturated heterocycles. The summed E-state index contributed by atoms with van der Waals surface area (Å²) in [4.78, 5) is 12.0. The number of hydrogen-bond donors (Lipinski definition) is 2. The van der Waals surface area contributed by atoms with Gasteiger partial charge in [0.2, 0.25) is 5.91 Å². The highest BCUT2D eigenvalue weighted by atomic mass is 16.5. The Morgan fingerprint density at radius 2 is 1.95 bits per heavy atom. The topological polar surface area (TPSA) is 64.3 Å². The van der Waals surface area contributed by atoms with E-state index < -0.39 is 5.54 Å². The Labute approximate surface area is 116 Å². The monoisotopic (exact) mass is 268 g/mol. The molecule has 0 heterocycles. The van der Waals surface area contributed by atoms with E-state index in [0.29, 0.717) is 24.5 Å². The largest absolute Gasteiger partial charge is 0.379 e. The number of nitrogens with one attached hydrogen (secondary N) is 1. The highest BCUT2D eigenvalue weighted by molar-refractivity contribution is 5.86. The van der Waals surface area contributed by atoms with Gasteiger partial charge in [-0.1, -0.05) is 26.7 Å². The molecule has 3 N–H and O–H groups in total. The summed E-state index contributed by atoms with van der Waals surface area (Å²) in [5, 5.41) is 3.48. The minimum atomic E-state index is -0.604. The van der Waals surface area contributed by atoms with Gasteiger partial charge in [-0.25, -0.2) is 0 Å². The van der Waals surface area contributed by atoms with Crippen LogP contribution in [0.3, 0.4) is 0 Å². The van der Waals surface area contributed by atoms with E-state index in [1.165, 1.54) is 0 Å². The molecule has 0 aromatic rings. The molecule has 1 amide bonds. The average Bonchev–Trinajstić information content (AvgIpc) is 3.26. The number of primary amides is 1. The van der Waals surface area contributed by atoms with Gasteiger partial charge in [0.05, 0.1) is 6.61 Å². The van der Waals surface area contributed by atoms with Gasteiger partial charge in [-0.15, -0.1) is 0 Å². The number of carbonyl (C=O) groups is 1. The summed E-state index contributed by atoms with van der Waals surface area (Å²) in [6.45, 7) is 5.55. The first kappa shape index (κ1) is 14.8. The lowest BCUT2D eigenvalue weighted by Gasteiger charge is -2.32. The number of amides is 1. The van der Waals surface area contributed by atoms with Crippen LogP contribution >= 0.6 is 0 Å². The predicted octanol–water partition coefficient (Wildman–Crippen LogP) is 1.83. The van der Waals surface area contributed by atoms with E-state index in [-0.39, 0.29) is 5.91 Å². The van der Waals surface area contributed by atoms with Crippen LogP contribution in [0.25, 0.3) is 0 Å². The number of hydrogen-bond acceptors (Lipinski definition) is 3. The second-order valence-electron chi connectivity index (χ2n) is 6.23. The summed E-state index contributed by atoms with van der Waals surface area (Å²) in [5.74, 6) is 0.740. The maximum atomic E-state index is 12.0. The van der Waals surface area contributed by atoms with Crippen molar-refractivity contribution in [2.75, 3.05) is 13.2 Å².